The summed E-state index contributed by atoms with van der Waals surface area (Å²) in [5.74, 6) is 0.390. The fourth-order valence-corrected chi connectivity index (χ4v) is 1.28. The fraction of sp³-hybridized carbons (Fsp3) is 0.111. The van der Waals surface area contributed by atoms with Crippen molar-refractivity contribution in [2.24, 2.45) is 7.05 Å². The molecule has 3 nitrogen and oxygen atoms in total. The van der Waals surface area contributed by atoms with Crippen molar-refractivity contribution in [3.63, 3.8) is 0 Å². The van der Waals surface area contributed by atoms with E-state index in [1.165, 1.54) is 12.1 Å². The van der Waals surface area contributed by atoms with E-state index in [0.29, 0.717) is 10.6 Å². The monoisotopic (exact) mass is 209 g/mol. The SMILES string of the molecule is Cn1[nH]c(-c2ccc(F)cc2)nc1=S. The molecular formula is C9H8FN3S. The zero-order chi connectivity index (χ0) is 10.1. The Bertz CT molecular complexity index is 498. The molecule has 5 heteroatoms. The molecule has 0 saturated heterocycles. The smallest absolute Gasteiger partial charge is 0.216 e. The first-order chi connectivity index (χ1) is 6.66. The summed E-state index contributed by atoms with van der Waals surface area (Å²) >= 11 is 4.95. The van der Waals surface area contributed by atoms with Crippen molar-refractivity contribution in [3.05, 3.63) is 34.9 Å². The van der Waals surface area contributed by atoms with Crippen LogP contribution in [0.1, 0.15) is 0 Å². The van der Waals surface area contributed by atoms with Gasteiger partial charge in [-0.05, 0) is 36.5 Å². The maximum absolute atomic E-state index is 12.6. The zero-order valence-electron chi connectivity index (χ0n) is 7.49. The maximum atomic E-state index is 12.6. The number of H-pyrrole nitrogens is 1. The van der Waals surface area contributed by atoms with Crippen molar-refractivity contribution in [3.8, 4) is 11.4 Å². The van der Waals surface area contributed by atoms with Crippen molar-refractivity contribution < 1.29 is 4.39 Å². The predicted octanol–water partition coefficient (Wildman–Crippen LogP) is 2.28. The van der Waals surface area contributed by atoms with Crippen LogP contribution in [0.15, 0.2) is 24.3 Å². The van der Waals surface area contributed by atoms with Gasteiger partial charge in [-0.25, -0.2) is 4.39 Å². The molecule has 14 heavy (non-hydrogen) atoms. The summed E-state index contributed by atoms with van der Waals surface area (Å²) in [5.41, 5.74) is 0.818. The molecule has 0 aliphatic rings. The number of hydrogen-bond donors (Lipinski definition) is 1. The topological polar surface area (TPSA) is 33.6 Å². The second-order valence-corrected chi connectivity index (χ2v) is 3.29. The summed E-state index contributed by atoms with van der Waals surface area (Å²) in [6, 6.07) is 6.09. The van der Waals surface area contributed by atoms with E-state index >= 15 is 0 Å². The molecule has 1 N–H and O–H groups in total. The molecule has 2 aromatic rings. The van der Waals surface area contributed by atoms with E-state index in [0.717, 1.165) is 5.56 Å². The Labute approximate surface area is 85.2 Å². The van der Waals surface area contributed by atoms with E-state index in [1.807, 2.05) is 0 Å². The third-order valence-electron chi connectivity index (χ3n) is 1.89. The molecule has 0 aliphatic carbocycles. The Hall–Kier alpha value is -1.49. The van der Waals surface area contributed by atoms with Gasteiger partial charge < -0.3 is 0 Å². The number of rotatable bonds is 1. The first kappa shape index (κ1) is 9.08. The molecule has 0 atom stereocenters. The highest BCUT2D eigenvalue weighted by molar-refractivity contribution is 7.71. The van der Waals surface area contributed by atoms with Crippen molar-refractivity contribution in [1.29, 1.82) is 0 Å². The van der Waals surface area contributed by atoms with Crippen LogP contribution in [0.5, 0.6) is 0 Å². The number of benzene rings is 1. The van der Waals surface area contributed by atoms with E-state index in [9.17, 15) is 4.39 Å². The summed E-state index contributed by atoms with van der Waals surface area (Å²) in [6.45, 7) is 0. The molecule has 0 amide bonds. The lowest BCUT2D eigenvalue weighted by molar-refractivity contribution is 0.628. The zero-order valence-corrected chi connectivity index (χ0v) is 8.31. The van der Waals surface area contributed by atoms with E-state index in [1.54, 1.807) is 23.9 Å². The molecule has 0 radical (unpaired) electrons. The molecule has 1 aromatic heterocycles. The molecule has 0 fully saturated rings. The lowest BCUT2D eigenvalue weighted by Crippen LogP contribution is -1.89. The van der Waals surface area contributed by atoms with Gasteiger partial charge in [0, 0.05) is 12.6 Å². The van der Waals surface area contributed by atoms with E-state index < -0.39 is 0 Å². The van der Waals surface area contributed by atoms with Crippen molar-refractivity contribution in [2.75, 3.05) is 0 Å². The van der Waals surface area contributed by atoms with Gasteiger partial charge >= 0.3 is 0 Å². The summed E-state index contributed by atoms with van der Waals surface area (Å²) in [6.07, 6.45) is 0. The largest absolute Gasteiger partial charge is 0.279 e. The molecule has 72 valence electrons. The number of hydrogen-bond acceptors (Lipinski definition) is 2. The number of aryl methyl sites for hydroxylation is 1. The molecule has 2 rings (SSSR count). The highest BCUT2D eigenvalue weighted by Gasteiger charge is 2.02. The lowest BCUT2D eigenvalue weighted by atomic mass is 10.2. The average molecular weight is 209 g/mol. The van der Waals surface area contributed by atoms with Gasteiger partial charge in [-0.15, -0.1) is 0 Å². The van der Waals surface area contributed by atoms with Crippen molar-refractivity contribution in [2.45, 2.75) is 0 Å². The van der Waals surface area contributed by atoms with E-state index in [4.69, 9.17) is 12.2 Å². The van der Waals surface area contributed by atoms with Gasteiger partial charge in [-0.3, -0.25) is 9.78 Å². The molecule has 1 heterocycles. The summed E-state index contributed by atoms with van der Waals surface area (Å²) in [5, 5.41) is 2.96. The molecular weight excluding hydrogens is 201 g/mol. The Morgan fingerprint density at radius 1 is 1.36 bits per heavy atom. The van der Waals surface area contributed by atoms with Gasteiger partial charge in [0.15, 0.2) is 5.82 Å². The highest BCUT2D eigenvalue weighted by Crippen LogP contribution is 2.14. The van der Waals surface area contributed by atoms with Gasteiger partial charge in [0.1, 0.15) is 5.82 Å². The summed E-state index contributed by atoms with van der Waals surface area (Å²) < 4.78 is 14.7. The van der Waals surface area contributed by atoms with Gasteiger partial charge in [0.05, 0.1) is 0 Å². The highest BCUT2D eigenvalue weighted by atomic mass is 32.1. The standard InChI is InChI=1S/C9H8FN3S/c1-13-9(14)11-8(12-13)6-2-4-7(10)5-3-6/h2-5H,1H3,(H,11,12,14). The minimum atomic E-state index is -0.261. The van der Waals surface area contributed by atoms with Crippen molar-refractivity contribution in [1.82, 2.24) is 14.8 Å². The van der Waals surface area contributed by atoms with Gasteiger partial charge in [0.25, 0.3) is 0 Å². The van der Waals surface area contributed by atoms with Crippen molar-refractivity contribution >= 4 is 12.2 Å². The molecule has 1 aromatic carbocycles. The fourth-order valence-electron chi connectivity index (χ4n) is 1.14. The summed E-state index contributed by atoms with van der Waals surface area (Å²) in [4.78, 5) is 4.11. The molecule has 0 spiro atoms. The predicted molar refractivity (Wildman–Crippen MR) is 53.8 cm³/mol. The number of aromatic nitrogens is 3. The Balaban J connectivity index is 2.49. The van der Waals surface area contributed by atoms with Crippen LogP contribution in [-0.2, 0) is 7.05 Å². The van der Waals surface area contributed by atoms with Crippen LogP contribution < -0.4 is 0 Å². The Kier molecular flexibility index (Phi) is 2.17. The van der Waals surface area contributed by atoms with Gasteiger partial charge in [-0.2, -0.15) is 4.98 Å². The first-order valence-corrected chi connectivity index (χ1v) is 4.46. The third kappa shape index (κ3) is 1.58. The second-order valence-electron chi connectivity index (χ2n) is 2.92. The van der Waals surface area contributed by atoms with Crippen LogP contribution in [0.25, 0.3) is 11.4 Å². The van der Waals surface area contributed by atoms with E-state index in [-0.39, 0.29) is 5.82 Å². The maximum Gasteiger partial charge on any atom is 0.216 e. The Morgan fingerprint density at radius 3 is 2.50 bits per heavy atom. The number of halogens is 1. The van der Waals surface area contributed by atoms with Crippen LogP contribution in [0.4, 0.5) is 4.39 Å². The minimum absolute atomic E-state index is 0.261. The van der Waals surface area contributed by atoms with Crippen LogP contribution >= 0.6 is 12.2 Å². The summed E-state index contributed by atoms with van der Waals surface area (Å²) in [7, 11) is 1.78. The van der Waals surface area contributed by atoms with Gasteiger partial charge in [-0.1, -0.05) is 0 Å². The minimum Gasteiger partial charge on any atom is -0.279 e. The first-order valence-electron chi connectivity index (χ1n) is 4.06. The molecule has 0 bridgehead atoms. The number of aromatic amines is 1. The number of nitrogens with one attached hydrogen (secondary N) is 1. The van der Waals surface area contributed by atoms with Crippen LogP contribution in [0, 0.1) is 10.6 Å². The molecule has 0 aliphatic heterocycles. The lowest BCUT2D eigenvalue weighted by Gasteiger charge is -1.95. The van der Waals surface area contributed by atoms with Crippen LogP contribution in [-0.4, -0.2) is 14.8 Å². The molecule has 0 unspecified atom stereocenters. The van der Waals surface area contributed by atoms with Crippen LogP contribution in [0.2, 0.25) is 0 Å². The third-order valence-corrected chi connectivity index (χ3v) is 2.25. The molecule has 0 saturated carbocycles. The Morgan fingerprint density at radius 2 is 2.00 bits per heavy atom. The normalized spacial score (nSPS) is 10.4. The quantitative estimate of drug-likeness (QED) is 0.731. The second kappa shape index (κ2) is 3.34. The van der Waals surface area contributed by atoms with E-state index in [2.05, 4.69) is 10.1 Å². The van der Waals surface area contributed by atoms with Crippen LogP contribution in [0.3, 0.4) is 0 Å². The average Bonchev–Trinajstić information content (AvgIpc) is 2.48. The van der Waals surface area contributed by atoms with Gasteiger partial charge in [0.2, 0.25) is 4.77 Å². The number of nitrogens with zero attached hydrogens (tertiary/aromatic N) is 2.